The molecule has 0 spiro atoms. The van der Waals surface area contributed by atoms with E-state index >= 15 is 0 Å². The van der Waals surface area contributed by atoms with Gasteiger partial charge in [0, 0.05) is 23.6 Å². The highest BCUT2D eigenvalue weighted by Gasteiger charge is 2.09. The number of aromatic amines is 1. The quantitative estimate of drug-likeness (QED) is 0.685. The molecule has 1 heterocycles. The molecular formula is C11H14N2O. The molecule has 0 aliphatic heterocycles. The van der Waals surface area contributed by atoms with Crippen molar-refractivity contribution in [1.82, 2.24) is 10.3 Å². The monoisotopic (exact) mass is 190 g/mol. The van der Waals surface area contributed by atoms with Crippen molar-refractivity contribution in [2.45, 2.75) is 6.10 Å². The highest BCUT2D eigenvalue weighted by Crippen LogP contribution is 2.22. The van der Waals surface area contributed by atoms with E-state index in [1.807, 2.05) is 37.5 Å². The Morgan fingerprint density at radius 1 is 1.43 bits per heavy atom. The smallest absolute Gasteiger partial charge is 0.0920 e. The van der Waals surface area contributed by atoms with Crippen LogP contribution in [0.5, 0.6) is 0 Å². The van der Waals surface area contributed by atoms with Crippen molar-refractivity contribution >= 4 is 10.9 Å². The molecule has 0 radical (unpaired) electrons. The number of likely N-dealkylation sites (N-methyl/N-ethyl adjacent to an activating group) is 1. The number of hydrogen-bond donors (Lipinski definition) is 3. The summed E-state index contributed by atoms with van der Waals surface area (Å²) in [6.07, 6.45) is 1.44. The number of rotatable bonds is 3. The third-order valence-corrected chi connectivity index (χ3v) is 2.39. The molecule has 3 heteroatoms. The minimum absolute atomic E-state index is 0.445. The van der Waals surface area contributed by atoms with Crippen LogP contribution in [0.1, 0.15) is 11.7 Å². The van der Waals surface area contributed by atoms with Gasteiger partial charge in [0.25, 0.3) is 0 Å². The molecule has 0 aliphatic rings. The molecule has 2 rings (SSSR count). The van der Waals surface area contributed by atoms with Gasteiger partial charge in [0.1, 0.15) is 0 Å². The molecule has 3 nitrogen and oxygen atoms in total. The second-order valence-electron chi connectivity index (χ2n) is 3.36. The minimum atomic E-state index is -0.445. The van der Waals surface area contributed by atoms with Gasteiger partial charge < -0.3 is 15.4 Å². The van der Waals surface area contributed by atoms with Gasteiger partial charge in [-0.05, 0) is 24.7 Å². The standard InChI is InChI=1S/C11H14N2O/c1-12-7-11(14)9-3-2-4-10-8(9)5-6-13-10/h2-6,11-14H,7H2,1H3. The first kappa shape index (κ1) is 9.24. The molecule has 0 saturated carbocycles. The normalized spacial score (nSPS) is 13.3. The van der Waals surface area contributed by atoms with Crippen molar-refractivity contribution in [2.75, 3.05) is 13.6 Å². The van der Waals surface area contributed by atoms with Crippen LogP contribution in [-0.4, -0.2) is 23.7 Å². The molecule has 2 aromatic rings. The lowest BCUT2D eigenvalue weighted by Gasteiger charge is -2.11. The molecule has 14 heavy (non-hydrogen) atoms. The average molecular weight is 190 g/mol. The van der Waals surface area contributed by atoms with E-state index < -0.39 is 6.10 Å². The van der Waals surface area contributed by atoms with Crippen molar-refractivity contribution < 1.29 is 5.11 Å². The number of aliphatic hydroxyl groups excluding tert-OH is 1. The van der Waals surface area contributed by atoms with Gasteiger partial charge in [-0.2, -0.15) is 0 Å². The molecule has 0 bridgehead atoms. The lowest BCUT2D eigenvalue weighted by atomic mass is 10.1. The Morgan fingerprint density at radius 3 is 3.07 bits per heavy atom. The van der Waals surface area contributed by atoms with Gasteiger partial charge >= 0.3 is 0 Å². The van der Waals surface area contributed by atoms with Gasteiger partial charge in [-0.3, -0.25) is 0 Å². The maximum Gasteiger partial charge on any atom is 0.0920 e. The van der Waals surface area contributed by atoms with Crippen molar-refractivity contribution in [1.29, 1.82) is 0 Å². The first-order valence-corrected chi connectivity index (χ1v) is 4.71. The van der Waals surface area contributed by atoms with Gasteiger partial charge in [-0.15, -0.1) is 0 Å². The second-order valence-corrected chi connectivity index (χ2v) is 3.36. The number of fused-ring (bicyclic) bond motifs is 1. The van der Waals surface area contributed by atoms with Gasteiger partial charge in [0.2, 0.25) is 0 Å². The summed E-state index contributed by atoms with van der Waals surface area (Å²) in [5, 5.41) is 13.9. The fraction of sp³-hybridized carbons (Fsp3) is 0.273. The molecule has 0 fully saturated rings. The molecule has 1 aromatic carbocycles. The van der Waals surface area contributed by atoms with E-state index in [4.69, 9.17) is 0 Å². The Balaban J connectivity index is 2.45. The zero-order valence-electron chi connectivity index (χ0n) is 8.12. The zero-order valence-corrected chi connectivity index (χ0v) is 8.12. The predicted octanol–water partition coefficient (Wildman–Crippen LogP) is 1.42. The molecule has 0 saturated heterocycles. The highest BCUT2D eigenvalue weighted by atomic mass is 16.3. The summed E-state index contributed by atoms with van der Waals surface area (Å²) in [7, 11) is 1.83. The first-order valence-electron chi connectivity index (χ1n) is 4.71. The van der Waals surface area contributed by atoms with Gasteiger partial charge in [0.05, 0.1) is 6.10 Å². The van der Waals surface area contributed by atoms with Gasteiger partial charge in [-0.25, -0.2) is 0 Å². The number of aromatic nitrogens is 1. The fourth-order valence-electron chi connectivity index (χ4n) is 1.70. The molecule has 1 atom stereocenters. The third-order valence-electron chi connectivity index (χ3n) is 2.39. The van der Waals surface area contributed by atoms with E-state index in [2.05, 4.69) is 10.3 Å². The zero-order chi connectivity index (χ0) is 9.97. The third kappa shape index (κ3) is 1.52. The van der Waals surface area contributed by atoms with Crippen LogP contribution in [-0.2, 0) is 0 Å². The molecule has 0 amide bonds. The largest absolute Gasteiger partial charge is 0.387 e. The fourth-order valence-corrected chi connectivity index (χ4v) is 1.70. The number of aliphatic hydroxyl groups is 1. The molecule has 1 unspecified atom stereocenters. The summed E-state index contributed by atoms with van der Waals surface area (Å²) in [5.41, 5.74) is 2.04. The van der Waals surface area contributed by atoms with E-state index in [9.17, 15) is 5.11 Å². The minimum Gasteiger partial charge on any atom is -0.387 e. The molecular weight excluding hydrogens is 176 g/mol. The van der Waals surface area contributed by atoms with Crippen molar-refractivity contribution in [3.63, 3.8) is 0 Å². The van der Waals surface area contributed by atoms with E-state index in [1.54, 1.807) is 0 Å². The lowest BCUT2D eigenvalue weighted by Crippen LogP contribution is -2.16. The molecule has 3 N–H and O–H groups in total. The highest BCUT2D eigenvalue weighted by molar-refractivity contribution is 5.83. The van der Waals surface area contributed by atoms with Crippen LogP contribution in [0.15, 0.2) is 30.5 Å². The second kappa shape index (κ2) is 3.82. The number of nitrogens with one attached hydrogen (secondary N) is 2. The Kier molecular flexibility index (Phi) is 2.52. The number of benzene rings is 1. The summed E-state index contributed by atoms with van der Waals surface area (Å²) in [5.74, 6) is 0. The van der Waals surface area contributed by atoms with Crippen molar-refractivity contribution in [3.8, 4) is 0 Å². The summed E-state index contributed by atoms with van der Waals surface area (Å²) in [4.78, 5) is 3.13. The molecule has 0 aliphatic carbocycles. The van der Waals surface area contributed by atoms with Crippen LogP contribution in [0.4, 0.5) is 0 Å². The molecule has 74 valence electrons. The topological polar surface area (TPSA) is 48.0 Å². The SMILES string of the molecule is CNCC(O)c1cccc2[nH]ccc12. The molecule has 1 aromatic heterocycles. The van der Waals surface area contributed by atoms with Gasteiger partial charge in [-0.1, -0.05) is 12.1 Å². The summed E-state index contributed by atoms with van der Waals surface area (Å²) in [6, 6.07) is 7.90. The maximum atomic E-state index is 9.86. The van der Waals surface area contributed by atoms with Crippen LogP contribution in [0, 0.1) is 0 Å². The van der Waals surface area contributed by atoms with Crippen LogP contribution in [0.25, 0.3) is 10.9 Å². The summed E-state index contributed by atoms with van der Waals surface area (Å²) in [6.45, 7) is 0.574. The van der Waals surface area contributed by atoms with Crippen molar-refractivity contribution in [2.24, 2.45) is 0 Å². The predicted molar refractivity (Wildman–Crippen MR) is 57.2 cm³/mol. The Morgan fingerprint density at radius 2 is 2.29 bits per heavy atom. The Labute approximate surface area is 82.8 Å². The van der Waals surface area contributed by atoms with Gasteiger partial charge in [0.15, 0.2) is 0 Å². The van der Waals surface area contributed by atoms with E-state index in [1.165, 1.54) is 0 Å². The first-order chi connectivity index (χ1) is 6.83. The summed E-state index contributed by atoms with van der Waals surface area (Å²) < 4.78 is 0. The Bertz CT molecular complexity index is 422. The maximum absolute atomic E-state index is 9.86. The van der Waals surface area contributed by atoms with Crippen LogP contribution in [0.2, 0.25) is 0 Å². The van der Waals surface area contributed by atoms with E-state index in [0.29, 0.717) is 6.54 Å². The van der Waals surface area contributed by atoms with E-state index in [0.717, 1.165) is 16.5 Å². The van der Waals surface area contributed by atoms with Crippen LogP contribution < -0.4 is 5.32 Å². The van der Waals surface area contributed by atoms with Crippen LogP contribution >= 0.6 is 0 Å². The van der Waals surface area contributed by atoms with Crippen LogP contribution in [0.3, 0.4) is 0 Å². The summed E-state index contributed by atoms with van der Waals surface area (Å²) >= 11 is 0. The average Bonchev–Trinajstić information content (AvgIpc) is 2.65. The number of hydrogen-bond acceptors (Lipinski definition) is 2. The number of H-pyrrole nitrogens is 1. The van der Waals surface area contributed by atoms with E-state index in [-0.39, 0.29) is 0 Å². The lowest BCUT2D eigenvalue weighted by molar-refractivity contribution is 0.179. The Hall–Kier alpha value is -1.32. The van der Waals surface area contributed by atoms with Crippen molar-refractivity contribution in [3.05, 3.63) is 36.0 Å².